The lowest BCUT2D eigenvalue weighted by Crippen LogP contribution is -2.30. The van der Waals surface area contributed by atoms with E-state index < -0.39 is 0 Å². The highest BCUT2D eigenvalue weighted by atomic mass is 16.1. The molecule has 2 rings (SSSR count). The molecule has 0 saturated heterocycles. The number of hydrogen-bond donors (Lipinski definition) is 2. The molecule has 1 aliphatic rings. The third-order valence-corrected chi connectivity index (χ3v) is 4.18. The second-order valence-electron chi connectivity index (χ2n) is 5.95. The number of anilines is 1. The fourth-order valence-electron chi connectivity index (χ4n) is 2.96. The van der Waals surface area contributed by atoms with E-state index in [4.69, 9.17) is 0 Å². The van der Waals surface area contributed by atoms with Crippen molar-refractivity contribution in [3.8, 4) is 0 Å². The van der Waals surface area contributed by atoms with E-state index in [-0.39, 0.29) is 5.91 Å². The number of carbonyl (C=O) groups excluding carboxylic acids is 1. The first-order valence-corrected chi connectivity index (χ1v) is 8.19. The summed E-state index contributed by atoms with van der Waals surface area (Å²) in [4.78, 5) is 16.8. The molecular weight excluding hydrogens is 262 g/mol. The molecule has 0 aromatic carbocycles. The monoisotopic (exact) mass is 289 g/mol. The van der Waals surface area contributed by atoms with Crippen LogP contribution in [0.15, 0.2) is 12.1 Å². The zero-order valence-electron chi connectivity index (χ0n) is 13.2. The van der Waals surface area contributed by atoms with E-state index in [0.29, 0.717) is 11.5 Å². The molecule has 2 N–H and O–H groups in total. The van der Waals surface area contributed by atoms with Crippen molar-refractivity contribution >= 4 is 11.7 Å². The number of aryl methyl sites for hydroxylation is 1. The molecular formula is C17H27N3O. The van der Waals surface area contributed by atoms with Crippen molar-refractivity contribution < 1.29 is 4.79 Å². The Kier molecular flexibility index (Phi) is 6.03. The van der Waals surface area contributed by atoms with Crippen LogP contribution in [-0.2, 0) is 6.42 Å². The van der Waals surface area contributed by atoms with Gasteiger partial charge in [-0.05, 0) is 37.3 Å². The van der Waals surface area contributed by atoms with Crippen molar-refractivity contribution in [3.63, 3.8) is 0 Å². The maximum atomic E-state index is 12.3. The maximum absolute atomic E-state index is 12.3. The van der Waals surface area contributed by atoms with E-state index in [1.807, 2.05) is 19.2 Å². The lowest BCUT2D eigenvalue weighted by Gasteiger charge is -2.21. The molecule has 1 aromatic heterocycles. The highest BCUT2D eigenvalue weighted by Crippen LogP contribution is 2.23. The Balaban J connectivity index is 1.98. The molecule has 0 unspecified atom stereocenters. The van der Waals surface area contributed by atoms with Gasteiger partial charge in [-0.15, -0.1) is 0 Å². The molecule has 1 aromatic rings. The minimum atomic E-state index is 0.0248. The van der Waals surface area contributed by atoms with E-state index in [2.05, 4.69) is 22.5 Å². The smallest absolute Gasteiger partial charge is 0.251 e. The Hall–Kier alpha value is -1.58. The molecule has 1 aliphatic carbocycles. The third kappa shape index (κ3) is 4.73. The Morgan fingerprint density at radius 3 is 2.71 bits per heavy atom. The molecule has 0 spiro atoms. The van der Waals surface area contributed by atoms with Crippen LogP contribution in [-0.4, -0.2) is 24.5 Å². The van der Waals surface area contributed by atoms with Gasteiger partial charge in [-0.1, -0.05) is 32.6 Å². The van der Waals surface area contributed by atoms with E-state index in [0.717, 1.165) is 30.9 Å². The van der Waals surface area contributed by atoms with Crippen LogP contribution in [0.2, 0.25) is 0 Å². The summed E-state index contributed by atoms with van der Waals surface area (Å²) >= 11 is 0. The van der Waals surface area contributed by atoms with Gasteiger partial charge in [0.15, 0.2) is 0 Å². The van der Waals surface area contributed by atoms with E-state index in [9.17, 15) is 4.79 Å². The fraction of sp³-hybridized carbons (Fsp3) is 0.647. The van der Waals surface area contributed by atoms with Crippen molar-refractivity contribution in [3.05, 3.63) is 23.4 Å². The van der Waals surface area contributed by atoms with Gasteiger partial charge in [-0.25, -0.2) is 4.98 Å². The Labute approximate surface area is 127 Å². The third-order valence-electron chi connectivity index (χ3n) is 4.18. The SMILES string of the molecule is CCCc1cc(C(=O)NCC2CCCCC2)cc(NC)n1. The molecule has 1 heterocycles. The molecule has 1 amide bonds. The van der Waals surface area contributed by atoms with Gasteiger partial charge in [0, 0.05) is 24.8 Å². The number of hydrogen-bond acceptors (Lipinski definition) is 3. The second kappa shape index (κ2) is 8.01. The van der Waals surface area contributed by atoms with Gasteiger partial charge in [0.25, 0.3) is 5.91 Å². The molecule has 0 aliphatic heterocycles. The van der Waals surface area contributed by atoms with Crippen molar-refractivity contribution in [2.24, 2.45) is 5.92 Å². The van der Waals surface area contributed by atoms with Gasteiger partial charge in [0.1, 0.15) is 5.82 Å². The van der Waals surface area contributed by atoms with Crippen LogP contribution in [0.3, 0.4) is 0 Å². The summed E-state index contributed by atoms with van der Waals surface area (Å²) < 4.78 is 0. The predicted molar refractivity (Wildman–Crippen MR) is 86.7 cm³/mol. The number of rotatable bonds is 6. The van der Waals surface area contributed by atoms with Crippen LogP contribution in [0.4, 0.5) is 5.82 Å². The maximum Gasteiger partial charge on any atom is 0.251 e. The van der Waals surface area contributed by atoms with E-state index in [1.165, 1.54) is 32.1 Å². The molecule has 4 nitrogen and oxygen atoms in total. The number of carbonyl (C=O) groups is 1. The first-order valence-electron chi connectivity index (χ1n) is 8.19. The number of nitrogens with one attached hydrogen (secondary N) is 2. The number of aromatic nitrogens is 1. The minimum absolute atomic E-state index is 0.0248. The number of amides is 1. The highest BCUT2D eigenvalue weighted by molar-refractivity contribution is 5.95. The summed E-state index contributed by atoms with van der Waals surface area (Å²) in [5, 5.41) is 6.13. The van der Waals surface area contributed by atoms with Gasteiger partial charge in [0.2, 0.25) is 0 Å². The normalized spacial score (nSPS) is 15.7. The molecule has 4 heteroatoms. The molecule has 21 heavy (non-hydrogen) atoms. The average molecular weight is 289 g/mol. The van der Waals surface area contributed by atoms with E-state index in [1.54, 1.807) is 0 Å². The van der Waals surface area contributed by atoms with Crippen LogP contribution in [0, 0.1) is 5.92 Å². The van der Waals surface area contributed by atoms with Gasteiger partial charge in [-0.3, -0.25) is 4.79 Å². The standard InChI is InChI=1S/C17H27N3O/c1-3-7-15-10-14(11-16(18-2)20-15)17(21)19-12-13-8-5-4-6-9-13/h10-11,13H,3-9,12H2,1-2H3,(H,18,20)(H,19,21). The summed E-state index contributed by atoms with van der Waals surface area (Å²) in [6.45, 7) is 2.93. The van der Waals surface area contributed by atoms with Crippen LogP contribution in [0.1, 0.15) is 61.5 Å². The van der Waals surface area contributed by atoms with Crippen molar-refractivity contribution in [1.82, 2.24) is 10.3 Å². The number of pyridine rings is 1. The van der Waals surface area contributed by atoms with Gasteiger partial charge < -0.3 is 10.6 Å². The van der Waals surface area contributed by atoms with Gasteiger partial charge in [-0.2, -0.15) is 0 Å². The average Bonchev–Trinajstić information content (AvgIpc) is 2.53. The van der Waals surface area contributed by atoms with Crippen LogP contribution in [0.25, 0.3) is 0 Å². The summed E-state index contributed by atoms with van der Waals surface area (Å²) in [5.74, 6) is 1.45. The minimum Gasteiger partial charge on any atom is -0.373 e. The van der Waals surface area contributed by atoms with Crippen LogP contribution < -0.4 is 10.6 Å². The van der Waals surface area contributed by atoms with E-state index >= 15 is 0 Å². The van der Waals surface area contributed by atoms with Crippen LogP contribution in [0.5, 0.6) is 0 Å². The summed E-state index contributed by atoms with van der Waals surface area (Å²) in [6, 6.07) is 3.75. The lowest BCUT2D eigenvalue weighted by atomic mass is 9.89. The summed E-state index contributed by atoms with van der Waals surface area (Å²) in [7, 11) is 1.84. The quantitative estimate of drug-likeness (QED) is 0.844. The zero-order chi connectivity index (χ0) is 15.1. The molecule has 0 atom stereocenters. The van der Waals surface area contributed by atoms with Gasteiger partial charge >= 0.3 is 0 Å². The fourth-order valence-corrected chi connectivity index (χ4v) is 2.96. The largest absolute Gasteiger partial charge is 0.373 e. The predicted octanol–water partition coefficient (Wildman–Crippen LogP) is 3.39. The molecule has 0 bridgehead atoms. The Bertz CT molecular complexity index is 467. The Morgan fingerprint density at radius 2 is 2.05 bits per heavy atom. The molecule has 116 valence electrons. The van der Waals surface area contributed by atoms with Crippen molar-refractivity contribution in [1.29, 1.82) is 0 Å². The van der Waals surface area contributed by atoms with Crippen molar-refractivity contribution in [2.45, 2.75) is 51.9 Å². The zero-order valence-corrected chi connectivity index (χ0v) is 13.2. The van der Waals surface area contributed by atoms with Crippen LogP contribution >= 0.6 is 0 Å². The topological polar surface area (TPSA) is 54.0 Å². The number of nitrogens with zero attached hydrogens (tertiary/aromatic N) is 1. The second-order valence-corrected chi connectivity index (χ2v) is 5.95. The summed E-state index contributed by atoms with van der Waals surface area (Å²) in [6.07, 6.45) is 8.39. The molecule has 1 saturated carbocycles. The molecule has 1 fully saturated rings. The summed E-state index contributed by atoms with van der Waals surface area (Å²) in [5.41, 5.74) is 1.70. The Morgan fingerprint density at radius 1 is 1.29 bits per heavy atom. The van der Waals surface area contributed by atoms with Gasteiger partial charge in [0.05, 0.1) is 0 Å². The molecule has 0 radical (unpaired) electrons. The highest BCUT2D eigenvalue weighted by Gasteiger charge is 2.15. The van der Waals surface area contributed by atoms with Crippen molar-refractivity contribution in [2.75, 3.05) is 18.9 Å². The first kappa shape index (κ1) is 15.8. The lowest BCUT2D eigenvalue weighted by molar-refractivity contribution is 0.0943. The first-order chi connectivity index (χ1) is 10.2.